The van der Waals surface area contributed by atoms with Crippen LogP contribution < -0.4 is 10.6 Å². The molecule has 0 spiro atoms. The van der Waals surface area contributed by atoms with Gasteiger partial charge in [0.15, 0.2) is 5.16 Å². The Morgan fingerprint density at radius 1 is 1.15 bits per heavy atom. The van der Waals surface area contributed by atoms with Crippen molar-refractivity contribution in [1.29, 1.82) is 0 Å². The maximum atomic E-state index is 12.2. The van der Waals surface area contributed by atoms with Crippen molar-refractivity contribution < 1.29 is 13.2 Å². The second kappa shape index (κ2) is 8.72. The van der Waals surface area contributed by atoms with Gasteiger partial charge in [0.2, 0.25) is 5.13 Å². The number of alkyl halides is 3. The Labute approximate surface area is 165 Å². The summed E-state index contributed by atoms with van der Waals surface area (Å²) in [5.74, 6) is 0.486. The molecule has 6 nitrogen and oxygen atoms in total. The molecule has 142 valence electrons. The Bertz CT molecular complexity index is 874. The zero-order valence-electron chi connectivity index (χ0n) is 13.5. The van der Waals surface area contributed by atoms with Gasteiger partial charge < -0.3 is 10.6 Å². The van der Waals surface area contributed by atoms with E-state index < -0.39 is 12.6 Å². The molecule has 0 saturated heterocycles. The summed E-state index contributed by atoms with van der Waals surface area (Å²) < 4.78 is 40.4. The molecule has 0 saturated carbocycles. The third kappa shape index (κ3) is 6.52. The second-order valence-electron chi connectivity index (χ2n) is 5.15. The summed E-state index contributed by atoms with van der Waals surface area (Å²) in [5, 5.41) is 6.99. The van der Waals surface area contributed by atoms with Crippen LogP contribution in [0.25, 0.3) is 0 Å². The van der Waals surface area contributed by atoms with Gasteiger partial charge in [0.1, 0.15) is 17.3 Å². The summed E-state index contributed by atoms with van der Waals surface area (Å²) in [6.07, 6.45) is -3.63. The van der Waals surface area contributed by atoms with E-state index in [1.807, 2.05) is 0 Å². The molecule has 0 aliphatic carbocycles. The lowest BCUT2D eigenvalue weighted by molar-refractivity contribution is -0.131. The average molecular weight is 433 g/mol. The van der Waals surface area contributed by atoms with E-state index >= 15 is 0 Å². The van der Waals surface area contributed by atoms with Gasteiger partial charge in [-0.2, -0.15) is 17.5 Å². The van der Waals surface area contributed by atoms with Crippen molar-refractivity contribution >= 4 is 51.5 Å². The molecule has 0 atom stereocenters. The third-order valence-corrected chi connectivity index (χ3v) is 4.72. The Morgan fingerprint density at radius 2 is 1.93 bits per heavy atom. The van der Waals surface area contributed by atoms with Crippen LogP contribution in [0.2, 0.25) is 5.15 Å². The van der Waals surface area contributed by atoms with Gasteiger partial charge in [-0.15, -0.1) is 0 Å². The molecule has 3 aromatic rings. The van der Waals surface area contributed by atoms with Gasteiger partial charge in [0, 0.05) is 34.7 Å². The maximum absolute atomic E-state index is 12.2. The molecule has 2 N–H and O–H groups in total. The number of hydrogen-bond donors (Lipinski definition) is 2. The summed E-state index contributed by atoms with van der Waals surface area (Å²) in [6, 6.07) is 8.50. The fourth-order valence-electron chi connectivity index (χ4n) is 1.94. The molecule has 2 aromatic heterocycles. The second-order valence-corrected chi connectivity index (χ2v) is 7.36. The average Bonchev–Trinajstić information content (AvgIpc) is 3.08. The molecule has 12 heteroatoms. The number of hydrogen-bond acceptors (Lipinski definition) is 8. The molecule has 0 bridgehead atoms. The minimum Gasteiger partial charge on any atom is -0.385 e. The number of nitrogens with zero attached hydrogens (tertiary/aromatic N) is 4. The van der Waals surface area contributed by atoms with E-state index in [9.17, 15) is 13.2 Å². The van der Waals surface area contributed by atoms with Crippen LogP contribution in [0.1, 0.15) is 6.42 Å². The fraction of sp³-hybridized carbons (Fsp3) is 0.200. The van der Waals surface area contributed by atoms with Crippen molar-refractivity contribution in [1.82, 2.24) is 19.3 Å². The highest BCUT2D eigenvalue weighted by molar-refractivity contribution is 7.99. The first-order valence-electron chi connectivity index (χ1n) is 7.54. The van der Waals surface area contributed by atoms with Crippen LogP contribution in [0.4, 0.5) is 29.8 Å². The van der Waals surface area contributed by atoms with E-state index in [-0.39, 0.29) is 11.7 Å². The van der Waals surface area contributed by atoms with E-state index in [4.69, 9.17) is 11.6 Å². The first-order valence-corrected chi connectivity index (χ1v) is 9.51. The molecular weight excluding hydrogens is 421 g/mol. The predicted molar refractivity (Wildman–Crippen MR) is 100.0 cm³/mol. The van der Waals surface area contributed by atoms with E-state index in [1.165, 1.54) is 29.6 Å². The topological polar surface area (TPSA) is 75.6 Å². The number of rotatable bonds is 7. The van der Waals surface area contributed by atoms with E-state index in [1.54, 1.807) is 30.3 Å². The number of aromatic nitrogens is 4. The predicted octanol–water partition coefficient (Wildman–Crippen LogP) is 5.24. The van der Waals surface area contributed by atoms with E-state index in [0.29, 0.717) is 21.8 Å². The summed E-state index contributed by atoms with van der Waals surface area (Å²) in [6.45, 7) is -0.173. The van der Waals surface area contributed by atoms with Crippen LogP contribution in [-0.4, -0.2) is 32.0 Å². The first-order chi connectivity index (χ1) is 12.9. The van der Waals surface area contributed by atoms with Crippen molar-refractivity contribution in [2.24, 2.45) is 0 Å². The largest absolute Gasteiger partial charge is 0.390 e. The van der Waals surface area contributed by atoms with Gasteiger partial charge >= 0.3 is 6.18 Å². The molecule has 0 aliphatic heterocycles. The molecule has 0 fully saturated rings. The number of halogens is 4. The van der Waals surface area contributed by atoms with Crippen LogP contribution >= 0.6 is 34.9 Å². The summed E-state index contributed by atoms with van der Waals surface area (Å²) >= 11 is 8.50. The minimum atomic E-state index is -4.17. The Balaban J connectivity index is 1.62. The maximum Gasteiger partial charge on any atom is 0.390 e. The lowest BCUT2D eigenvalue weighted by Gasteiger charge is -2.09. The summed E-state index contributed by atoms with van der Waals surface area (Å²) in [7, 11) is 0. The number of benzene rings is 1. The smallest absolute Gasteiger partial charge is 0.385 e. The van der Waals surface area contributed by atoms with E-state index in [2.05, 4.69) is 30.0 Å². The molecule has 2 heterocycles. The van der Waals surface area contributed by atoms with Gasteiger partial charge in [-0.1, -0.05) is 11.6 Å². The molecule has 0 amide bonds. The van der Waals surface area contributed by atoms with Gasteiger partial charge in [-0.3, -0.25) is 0 Å². The normalized spacial score (nSPS) is 11.4. The SMILES string of the molecule is FC(F)(F)CCNc1ccc(Sc2nc(Cl)cc(Nc3ncns3)n2)cc1. The van der Waals surface area contributed by atoms with Crippen molar-refractivity contribution in [3.63, 3.8) is 0 Å². The van der Waals surface area contributed by atoms with E-state index in [0.717, 1.165) is 4.90 Å². The van der Waals surface area contributed by atoms with Crippen molar-refractivity contribution in [3.05, 3.63) is 41.8 Å². The highest BCUT2D eigenvalue weighted by Crippen LogP contribution is 2.29. The van der Waals surface area contributed by atoms with Gasteiger partial charge in [0.05, 0.1) is 6.42 Å². The summed E-state index contributed by atoms with van der Waals surface area (Å²) in [5.41, 5.74) is 0.606. The minimum absolute atomic E-state index is 0.173. The molecular formula is C15H12ClF3N6S2. The highest BCUT2D eigenvalue weighted by atomic mass is 35.5. The van der Waals surface area contributed by atoms with Crippen molar-refractivity contribution in [3.8, 4) is 0 Å². The first kappa shape index (κ1) is 19.6. The Hall–Kier alpha value is -2.11. The summed E-state index contributed by atoms with van der Waals surface area (Å²) in [4.78, 5) is 13.4. The number of nitrogens with one attached hydrogen (secondary N) is 2. The van der Waals surface area contributed by atoms with Crippen LogP contribution in [-0.2, 0) is 0 Å². The monoisotopic (exact) mass is 432 g/mol. The Morgan fingerprint density at radius 3 is 2.59 bits per heavy atom. The van der Waals surface area contributed by atoms with Crippen molar-refractivity contribution in [2.75, 3.05) is 17.2 Å². The highest BCUT2D eigenvalue weighted by Gasteiger charge is 2.26. The third-order valence-electron chi connectivity index (χ3n) is 3.07. The van der Waals surface area contributed by atoms with Crippen LogP contribution in [0.3, 0.4) is 0 Å². The van der Waals surface area contributed by atoms with Crippen LogP contribution in [0, 0.1) is 0 Å². The zero-order valence-corrected chi connectivity index (χ0v) is 15.9. The molecule has 0 radical (unpaired) electrons. The molecule has 3 rings (SSSR count). The molecule has 1 aromatic carbocycles. The van der Waals surface area contributed by atoms with Crippen molar-refractivity contribution in [2.45, 2.75) is 22.6 Å². The zero-order chi connectivity index (χ0) is 19.3. The Kier molecular flexibility index (Phi) is 6.34. The van der Waals surface area contributed by atoms with Gasteiger partial charge in [-0.05, 0) is 36.0 Å². The van der Waals surface area contributed by atoms with Gasteiger partial charge in [0.25, 0.3) is 0 Å². The number of anilines is 3. The lowest BCUT2D eigenvalue weighted by Crippen LogP contribution is -2.14. The van der Waals surface area contributed by atoms with Crippen LogP contribution in [0.15, 0.2) is 46.7 Å². The fourth-order valence-corrected chi connectivity index (χ4v) is 3.38. The van der Waals surface area contributed by atoms with Crippen LogP contribution in [0.5, 0.6) is 0 Å². The quantitative estimate of drug-likeness (QED) is 0.390. The standard InChI is InChI=1S/C15H12ClF3N6S2/c16-11-7-12(24-13-21-8-22-27-13)25-14(23-11)26-10-3-1-9(2-4-10)20-6-5-15(17,18)19/h1-4,7-8,20H,5-6H2,(H,21,22,23,24,25). The molecule has 0 unspecified atom stereocenters. The lowest BCUT2D eigenvalue weighted by atomic mass is 10.3. The molecule has 27 heavy (non-hydrogen) atoms. The van der Waals surface area contributed by atoms with Gasteiger partial charge in [-0.25, -0.2) is 15.0 Å². The molecule has 0 aliphatic rings.